The molecule has 2 nitrogen and oxygen atoms in total. The van der Waals surface area contributed by atoms with Crippen molar-refractivity contribution in [2.24, 2.45) is 0 Å². The summed E-state index contributed by atoms with van der Waals surface area (Å²) in [6.45, 7) is 1.91. The molecular formula is C18H20FNOS. The molecule has 0 spiro atoms. The largest absolute Gasteiger partial charge is 0.496 e. The number of ether oxygens (including phenoxy) is 1. The predicted octanol–water partition coefficient (Wildman–Crippen LogP) is 4.45. The molecule has 0 bridgehead atoms. The summed E-state index contributed by atoms with van der Waals surface area (Å²) in [5.41, 5.74) is 0.861. The lowest BCUT2D eigenvalue weighted by Gasteiger charge is -2.25. The second-order valence-electron chi connectivity index (χ2n) is 5.43. The lowest BCUT2D eigenvalue weighted by molar-refractivity contribution is 0.404. The van der Waals surface area contributed by atoms with Crippen molar-refractivity contribution in [1.82, 2.24) is 5.32 Å². The Balaban J connectivity index is 1.95. The van der Waals surface area contributed by atoms with E-state index in [1.807, 2.05) is 30.3 Å². The van der Waals surface area contributed by atoms with Crippen LogP contribution < -0.4 is 10.1 Å². The summed E-state index contributed by atoms with van der Waals surface area (Å²) < 4.78 is 19.9. The van der Waals surface area contributed by atoms with Gasteiger partial charge in [-0.3, -0.25) is 0 Å². The summed E-state index contributed by atoms with van der Waals surface area (Å²) in [6, 6.07) is 13.3. The Morgan fingerprint density at radius 2 is 1.77 bits per heavy atom. The minimum absolute atomic E-state index is 0.0909. The predicted molar refractivity (Wildman–Crippen MR) is 88.4 cm³/mol. The highest BCUT2D eigenvalue weighted by Gasteiger charge is 2.22. The van der Waals surface area contributed by atoms with Gasteiger partial charge < -0.3 is 10.1 Å². The van der Waals surface area contributed by atoms with Crippen LogP contribution in [0.2, 0.25) is 0 Å². The molecular weight excluding hydrogens is 297 g/mol. The fourth-order valence-corrected chi connectivity index (χ4v) is 4.09. The minimum atomic E-state index is -0.0909. The van der Waals surface area contributed by atoms with Gasteiger partial charge >= 0.3 is 0 Å². The van der Waals surface area contributed by atoms with Crippen LogP contribution in [-0.2, 0) is 0 Å². The molecule has 2 aromatic rings. The van der Waals surface area contributed by atoms with Gasteiger partial charge in [-0.1, -0.05) is 30.0 Å². The van der Waals surface area contributed by atoms with E-state index in [0.29, 0.717) is 5.92 Å². The van der Waals surface area contributed by atoms with E-state index in [0.717, 1.165) is 47.0 Å². The SMILES string of the molecule is COc1ccccc1Sc1cccc(F)c1C1CCNCC1. The van der Waals surface area contributed by atoms with Crippen molar-refractivity contribution < 1.29 is 9.13 Å². The van der Waals surface area contributed by atoms with E-state index < -0.39 is 0 Å². The van der Waals surface area contributed by atoms with Crippen LogP contribution in [0.1, 0.15) is 24.3 Å². The maximum absolute atomic E-state index is 14.5. The maximum Gasteiger partial charge on any atom is 0.132 e. The van der Waals surface area contributed by atoms with Crippen LogP contribution in [0, 0.1) is 5.82 Å². The van der Waals surface area contributed by atoms with Gasteiger partial charge in [0.15, 0.2) is 0 Å². The summed E-state index contributed by atoms with van der Waals surface area (Å²) in [6.07, 6.45) is 1.97. The van der Waals surface area contributed by atoms with Crippen LogP contribution in [0.4, 0.5) is 4.39 Å². The third kappa shape index (κ3) is 3.28. The van der Waals surface area contributed by atoms with Crippen molar-refractivity contribution in [1.29, 1.82) is 0 Å². The summed E-state index contributed by atoms with van der Waals surface area (Å²) >= 11 is 1.59. The minimum Gasteiger partial charge on any atom is -0.496 e. The van der Waals surface area contributed by atoms with Gasteiger partial charge in [-0.05, 0) is 56.1 Å². The van der Waals surface area contributed by atoms with E-state index in [1.165, 1.54) is 0 Å². The highest BCUT2D eigenvalue weighted by molar-refractivity contribution is 7.99. The molecule has 0 atom stereocenters. The standard InChI is InChI=1S/C18H20FNOS/c1-21-15-6-2-3-7-16(15)22-17-8-4-5-14(19)18(17)13-9-11-20-12-10-13/h2-8,13,20H,9-12H2,1H3. The lowest BCUT2D eigenvalue weighted by Crippen LogP contribution is -2.27. The molecule has 1 fully saturated rings. The summed E-state index contributed by atoms with van der Waals surface area (Å²) in [5, 5.41) is 3.34. The number of benzene rings is 2. The Hall–Kier alpha value is -1.52. The van der Waals surface area contributed by atoms with E-state index in [-0.39, 0.29) is 5.82 Å². The van der Waals surface area contributed by atoms with Crippen molar-refractivity contribution in [3.05, 3.63) is 53.8 Å². The van der Waals surface area contributed by atoms with Crippen LogP contribution in [0.25, 0.3) is 0 Å². The van der Waals surface area contributed by atoms with Gasteiger partial charge in [-0.15, -0.1) is 0 Å². The molecule has 0 aliphatic carbocycles. The fourth-order valence-electron chi connectivity index (χ4n) is 2.93. The molecule has 1 N–H and O–H groups in total. The smallest absolute Gasteiger partial charge is 0.132 e. The van der Waals surface area contributed by atoms with Crippen molar-refractivity contribution in [3.63, 3.8) is 0 Å². The van der Waals surface area contributed by atoms with Crippen molar-refractivity contribution in [2.45, 2.75) is 28.6 Å². The fraction of sp³-hybridized carbons (Fsp3) is 0.333. The number of hydrogen-bond donors (Lipinski definition) is 1. The second-order valence-corrected chi connectivity index (χ2v) is 6.51. The number of halogens is 1. The molecule has 22 heavy (non-hydrogen) atoms. The Morgan fingerprint density at radius 3 is 2.55 bits per heavy atom. The molecule has 1 heterocycles. The van der Waals surface area contributed by atoms with Crippen molar-refractivity contribution >= 4 is 11.8 Å². The van der Waals surface area contributed by atoms with Crippen molar-refractivity contribution in [3.8, 4) is 5.75 Å². The Bertz CT molecular complexity index is 641. The molecule has 4 heteroatoms. The molecule has 1 aliphatic heterocycles. The van der Waals surface area contributed by atoms with Crippen LogP contribution in [0.5, 0.6) is 5.75 Å². The summed E-state index contributed by atoms with van der Waals surface area (Å²) in [7, 11) is 1.67. The molecule has 2 aromatic carbocycles. The van der Waals surface area contributed by atoms with Crippen LogP contribution in [0.15, 0.2) is 52.3 Å². The van der Waals surface area contributed by atoms with Gasteiger partial charge in [0.2, 0.25) is 0 Å². The highest BCUT2D eigenvalue weighted by Crippen LogP contribution is 2.41. The first-order valence-electron chi connectivity index (χ1n) is 7.59. The van der Waals surface area contributed by atoms with Crippen LogP contribution in [0.3, 0.4) is 0 Å². The molecule has 0 saturated carbocycles. The highest BCUT2D eigenvalue weighted by atomic mass is 32.2. The van der Waals surface area contributed by atoms with Gasteiger partial charge in [0, 0.05) is 10.5 Å². The van der Waals surface area contributed by atoms with Crippen molar-refractivity contribution in [2.75, 3.05) is 20.2 Å². The van der Waals surface area contributed by atoms with Crippen LogP contribution >= 0.6 is 11.8 Å². The average molecular weight is 317 g/mol. The molecule has 0 aromatic heterocycles. The third-order valence-electron chi connectivity index (χ3n) is 4.05. The van der Waals surface area contributed by atoms with Crippen LogP contribution in [-0.4, -0.2) is 20.2 Å². The molecule has 0 amide bonds. The number of para-hydroxylation sites is 1. The third-order valence-corrected chi connectivity index (χ3v) is 5.18. The van der Waals surface area contributed by atoms with E-state index >= 15 is 0 Å². The Morgan fingerprint density at radius 1 is 1.05 bits per heavy atom. The Labute approximate surface area is 135 Å². The van der Waals surface area contributed by atoms with E-state index in [9.17, 15) is 4.39 Å². The topological polar surface area (TPSA) is 21.3 Å². The second kappa shape index (κ2) is 7.16. The van der Waals surface area contributed by atoms with Gasteiger partial charge in [0.25, 0.3) is 0 Å². The van der Waals surface area contributed by atoms with Gasteiger partial charge in [-0.2, -0.15) is 0 Å². The normalized spacial score (nSPS) is 15.7. The molecule has 1 saturated heterocycles. The van der Waals surface area contributed by atoms with E-state index in [1.54, 1.807) is 31.0 Å². The van der Waals surface area contributed by atoms with Gasteiger partial charge in [0.05, 0.1) is 12.0 Å². The number of hydrogen-bond acceptors (Lipinski definition) is 3. The number of nitrogens with one attached hydrogen (secondary N) is 1. The summed E-state index contributed by atoms with van der Waals surface area (Å²) in [5.74, 6) is 1.03. The summed E-state index contributed by atoms with van der Waals surface area (Å²) in [4.78, 5) is 2.02. The first kappa shape index (κ1) is 15.4. The van der Waals surface area contributed by atoms with E-state index in [4.69, 9.17) is 4.74 Å². The number of piperidine rings is 1. The van der Waals surface area contributed by atoms with Gasteiger partial charge in [0.1, 0.15) is 11.6 Å². The zero-order valence-electron chi connectivity index (χ0n) is 12.6. The Kier molecular flexibility index (Phi) is 5.01. The van der Waals surface area contributed by atoms with E-state index in [2.05, 4.69) is 5.32 Å². The molecule has 1 aliphatic rings. The zero-order valence-corrected chi connectivity index (χ0v) is 13.5. The number of methoxy groups -OCH3 is 1. The molecule has 116 valence electrons. The molecule has 0 radical (unpaired) electrons. The quantitative estimate of drug-likeness (QED) is 0.900. The number of rotatable bonds is 4. The molecule has 0 unspecified atom stereocenters. The molecule has 3 rings (SSSR count). The zero-order chi connectivity index (χ0) is 15.4. The first-order valence-corrected chi connectivity index (χ1v) is 8.41. The lowest BCUT2D eigenvalue weighted by atomic mass is 9.90. The average Bonchev–Trinajstić information content (AvgIpc) is 2.56. The first-order chi connectivity index (χ1) is 10.8. The maximum atomic E-state index is 14.5. The monoisotopic (exact) mass is 317 g/mol. The van der Waals surface area contributed by atoms with Gasteiger partial charge in [-0.25, -0.2) is 4.39 Å².